The van der Waals surface area contributed by atoms with Crippen LogP contribution in [0.5, 0.6) is 0 Å². The van der Waals surface area contributed by atoms with Crippen LogP contribution >= 0.6 is 12.4 Å². The first-order valence-corrected chi connectivity index (χ1v) is 2.95. The van der Waals surface area contributed by atoms with Crippen LogP contribution in [-0.2, 0) is 7.05 Å². The fraction of sp³-hybridized carbons (Fsp3) is 0.500. The molecule has 0 aliphatic rings. The average molecular weight is 162 g/mol. The fourth-order valence-electron chi connectivity index (χ4n) is 0.676. The summed E-state index contributed by atoms with van der Waals surface area (Å²) in [4.78, 5) is 0. The van der Waals surface area contributed by atoms with Crippen LogP contribution < -0.4 is 5.73 Å². The van der Waals surface area contributed by atoms with Gasteiger partial charge in [0.15, 0.2) is 0 Å². The van der Waals surface area contributed by atoms with Crippen molar-refractivity contribution in [1.82, 2.24) is 9.78 Å². The van der Waals surface area contributed by atoms with Gasteiger partial charge < -0.3 is 5.73 Å². The Balaban J connectivity index is 0.000000810. The second kappa shape index (κ2) is 3.58. The first-order valence-electron chi connectivity index (χ1n) is 2.95. The number of hydrogen-bond acceptors (Lipinski definition) is 2. The van der Waals surface area contributed by atoms with Gasteiger partial charge >= 0.3 is 0 Å². The van der Waals surface area contributed by atoms with Crippen molar-refractivity contribution in [3.63, 3.8) is 0 Å². The molecule has 3 nitrogen and oxygen atoms in total. The Morgan fingerprint density at radius 2 is 2.30 bits per heavy atom. The first-order chi connectivity index (χ1) is 4.20. The summed E-state index contributed by atoms with van der Waals surface area (Å²) in [6.07, 6.45) is 1.89. The van der Waals surface area contributed by atoms with Crippen LogP contribution in [0.15, 0.2) is 12.3 Å². The first kappa shape index (κ1) is 9.46. The number of aryl methyl sites for hydroxylation is 1. The van der Waals surface area contributed by atoms with E-state index < -0.39 is 0 Å². The molecule has 0 aliphatic heterocycles. The maximum absolute atomic E-state index is 5.55. The second-order valence-electron chi connectivity index (χ2n) is 2.20. The molecule has 0 radical (unpaired) electrons. The van der Waals surface area contributed by atoms with Crippen molar-refractivity contribution in [3.05, 3.63) is 18.0 Å². The molecule has 0 saturated carbocycles. The van der Waals surface area contributed by atoms with Crippen molar-refractivity contribution in [2.75, 3.05) is 0 Å². The molecule has 1 aromatic rings. The van der Waals surface area contributed by atoms with Crippen LogP contribution in [0.25, 0.3) is 0 Å². The largest absolute Gasteiger partial charge is 0.323 e. The molecule has 2 N–H and O–H groups in total. The van der Waals surface area contributed by atoms with Crippen LogP contribution in [0.3, 0.4) is 0 Å². The van der Waals surface area contributed by atoms with E-state index in [4.69, 9.17) is 5.73 Å². The van der Waals surface area contributed by atoms with Gasteiger partial charge in [-0.25, -0.2) is 0 Å². The van der Waals surface area contributed by atoms with E-state index in [1.807, 2.05) is 26.2 Å². The Morgan fingerprint density at radius 1 is 1.70 bits per heavy atom. The van der Waals surface area contributed by atoms with E-state index in [-0.39, 0.29) is 18.4 Å². The van der Waals surface area contributed by atoms with Crippen LogP contribution in [-0.4, -0.2) is 9.78 Å². The zero-order valence-electron chi connectivity index (χ0n) is 6.11. The molecule has 1 atom stereocenters. The molecule has 10 heavy (non-hydrogen) atoms. The number of nitrogens with zero attached hydrogens (tertiary/aromatic N) is 2. The topological polar surface area (TPSA) is 43.8 Å². The van der Waals surface area contributed by atoms with Gasteiger partial charge in [-0.3, -0.25) is 4.68 Å². The Hall–Kier alpha value is -0.540. The van der Waals surface area contributed by atoms with Crippen molar-refractivity contribution in [2.45, 2.75) is 13.0 Å². The lowest BCUT2D eigenvalue weighted by Crippen LogP contribution is -2.06. The standard InChI is InChI=1S/C6H11N3.ClH/c1-5(7)6-3-4-9(2)8-6;/h3-5H,7H2,1-2H3;1H/t5-;/m1./s1. The molecular formula is C6H12ClN3. The highest BCUT2D eigenvalue weighted by molar-refractivity contribution is 5.85. The molecule has 0 spiro atoms. The molecule has 1 aromatic heterocycles. The zero-order chi connectivity index (χ0) is 6.85. The Bertz CT molecular complexity index is 195. The summed E-state index contributed by atoms with van der Waals surface area (Å²) in [6, 6.07) is 1.97. The number of halogens is 1. The lowest BCUT2D eigenvalue weighted by atomic mass is 10.3. The molecule has 4 heteroatoms. The quantitative estimate of drug-likeness (QED) is 0.664. The third-order valence-corrected chi connectivity index (χ3v) is 1.20. The van der Waals surface area contributed by atoms with Gasteiger partial charge in [-0.15, -0.1) is 12.4 Å². The molecule has 0 fully saturated rings. The minimum absolute atomic E-state index is 0. The Kier molecular flexibility index (Phi) is 3.39. The summed E-state index contributed by atoms with van der Waals surface area (Å²) in [5.74, 6) is 0. The molecule has 1 rings (SSSR count). The van der Waals surface area contributed by atoms with Crippen molar-refractivity contribution in [1.29, 1.82) is 0 Å². The molecular weight excluding hydrogens is 150 g/mol. The molecule has 0 aromatic carbocycles. The van der Waals surface area contributed by atoms with Gasteiger partial charge in [0.25, 0.3) is 0 Å². The van der Waals surface area contributed by atoms with Gasteiger partial charge in [-0.05, 0) is 13.0 Å². The number of hydrogen-bond donors (Lipinski definition) is 1. The SMILES string of the molecule is C[C@@H](N)c1ccn(C)n1.Cl. The van der Waals surface area contributed by atoms with E-state index in [1.165, 1.54) is 0 Å². The summed E-state index contributed by atoms with van der Waals surface area (Å²) in [6.45, 7) is 1.92. The lowest BCUT2D eigenvalue weighted by Gasteiger charge is -1.96. The van der Waals surface area contributed by atoms with E-state index >= 15 is 0 Å². The minimum Gasteiger partial charge on any atom is -0.323 e. The van der Waals surface area contributed by atoms with Crippen molar-refractivity contribution < 1.29 is 0 Å². The molecule has 0 aliphatic carbocycles. The van der Waals surface area contributed by atoms with Crippen LogP contribution in [0.1, 0.15) is 18.7 Å². The van der Waals surface area contributed by atoms with E-state index in [0.29, 0.717) is 0 Å². The predicted octanol–water partition coefficient (Wildman–Crippen LogP) is 0.862. The van der Waals surface area contributed by atoms with Crippen molar-refractivity contribution in [2.24, 2.45) is 12.8 Å². The fourth-order valence-corrected chi connectivity index (χ4v) is 0.676. The molecule has 1 heterocycles. The maximum atomic E-state index is 5.55. The summed E-state index contributed by atoms with van der Waals surface area (Å²) in [5.41, 5.74) is 6.49. The lowest BCUT2D eigenvalue weighted by molar-refractivity contribution is 0.699. The van der Waals surface area contributed by atoms with Gasteiger partial charge in [0, 0.05) is 19.3 Å². The predicted molar refractivity (Wildman–Crippen MR) is 43.1 cm³/mol. The van der Waals surface area contributed by atoms with E-state index in [2.05, 4.69) is 5.10 Å². The Morgan fingerprint density at radius 3 is 2.50 bits per heavy atom. The normalized spacial score (nSPS) is 12.3. The number of nitrogens with two attached hydrogens (primary N) is 1. The molecule has 0 unspecified atom stereocenters. The van der Waals surface area contributed by atoms with Crippen LogP contribution in [0, 0.1) is 0 Å². The third-order valence-electron chi connectivity index (χ3n) is 1.20. The van der Waals surface area contributed by atoms with Gasteiger partial charge in [0.1, 0.15) is 0 Å². The van der Waals surface area contributed by atoms with E-state index in [0.717, 1.165) is 5.69 Å². The van der Waals surface area contributed by atoms with Gasteiger partial charge in [-0.2, -0.15) is 5.10 Å². The molecule has 0 saturated heterocycles. The zero-order valence-corrected chi connectivity index (χ0v) is 6.93. The van der Waals surface area contributed by atoms with E-state index in [1.54, 1.807) is 4.68 Å². The third kappa shape index (κ3) is 2.01. The number of aromatic nitrogens is 2. The summed E-state index contributed by atoms with van der Waals surface area (Å²) >= 11 is 0. The highest BCUT2D eigenvalue weighted by Crippen LogP contribution is 2.03. The van der Waals surface area contributed by atoms with Gasteiger partial charge in [0.05, 0.1) is 5.69 Å². The number of rotatable bonds is 1. The van der Waals surface area contributed by atoms with Crippen molar-refractivity contribution >= 4 is 12.4 Å². The second-order valence-corrected chi connectivity index (χ2v) is 2.20. The van der Waals surface area contributed by atoms with Gasteiger partial charge in [0.2, 0.25) is 0 Å². The molecule has 58 valence electrons. The highest BCUT2D eigenvalue weighted by Gasteiger charge is 1.99. The Labute approximate surface area is 66.6 Å². The molecule has 0 bridgehead atoms. The van der Waals surface area contributed by atoms with Crippen LogP contribution in [0.2, 0.25) is 0 Å². The smallest absolute Gasteiger partial charge is 0.0788 e. The summed E-state index contributed by atoms with van der Waals surface area (Å²) < 4.78 is 1.75. The van der Waals surface area contributed by atoms with E-state index in [9.17, 15) is 0 Å². The maximum Gasteiger partial charge on any atom is 0.0788 e. The monoisotopic (exact) mass is 161 g/mol. The summed E-state index contributed by atoms with van der Waals surface area (Å²) in [7, 11) is 1.88. The van der Waals surface area contributed by atoms with Crippen LogP contribution in [0.4, 0.5) is 0 Å². The average Bonchev–Trinajstić information content (AvgIpc) is 2.14. The minimum atomic E-state index is 0. The highest BCUT2D eigenvalue weighted by atomic mass is 35.5. The molecule has 0 amide bonds. The van der Waals surface area contributed by atoms with Gasteiger partial charge in [-0.1, -0.05) is 0 Å². The summed E-state index contributed by atoms with van der Waals surface area (Å²) in [5, 5.41) is 4.10. The van der Waals surface area contributed by atoms with Crippen molar-refractivity contribution in [3.8, 4) is 0 Å².